The van der Waals surface area contributed by atoms with Crippen LogP contribution in [-0.4, -0.2) is 26.3 Å². The van der Waals surface area contributed by atoms with Gasteiger partial charge in [0.25, 0.3) is 7.37 Å². The summed E-state index contributed by atoms with van der Waals surface area (Å²) in [5.74, 6) is -1.37. The second kappa shape index (κ2) is 7.25. The summed E-state index contributed by atoms with van der Waals surface area (Å²) in [6.45, 7) is 0. The number of aliphatic hydroxyl groups is 1. The zero-order chi connectivity index (χ0) is 17.2. The minimum atomic E-state index is -3.55. The molecule has 7 heteroatoms. The van der Waals surface area contributed by atoms with Gasteiger partial charge in [0.05, 0.1) is 0 Å². The lowest BCUT2D eigenvalue weighted by Crippen LogP contribution is -2.15. The normalized spacial score (nSPS) is 15.0. The molecule has 2 aromatic carbocycles. The zero-order valence-electron chi connectivity index (χ0n) is 13.0. The fourth-order valence-electron chi connectivity index (χ4n) is 2.20. The quantitative estimate of drug-likeness (QED) is 0.793. The van der Waals surface area contributed by atoms with Gasteiger partial charge in [-0.2, -0.15) is 0 Å². The van der Waals surface area contributed by atoms with Crippen LogP contribution in [0.1, 0.15) is 11.4 Å². The minimum Gasteiger partial charge on any atom is -0.378 e. The van der Waals surface area contributed by atoms with Crippen molar-refractivity contribution in [2.24, 2.45) is 0 Å². The average Bonchev–Trinajstić information content (AvgIpc) is 2.53. The molecular weight excluding hydrogens is 356 g/mol. The highest BCUT2D eigenvalue weighted by atomic mass is 35.5. The Hall–Kier alpha value is -1.03. The second-order valence-electron chi connectivity index (χ2n) is 5.23. The number of halogens is 2. The van der Waals surface area contributed by atoms with Crippen LogP contribution in [0.2, 0.25) is 10.0 Å². The summed E-state index contributed by atoms with van der Waals surface area (Å²) in [5, 5.41) is 11.7. The van der Waals surface area contributed by atoms with E-state index < -0.39 is 13.2 Å². The van der Waals surface area contributed by atoms with E-state index in [-0.39, 0.29) is 5.02 Å². The first-order valence-corrected chi connectivity index (χ1v) is 9.31. The summed E-state index contributed by atoms with van der Waals surface area (Å²) >= 11 is 12.0. The molecule has 0 aliphatic heterocycles. The zero-order valence-corrected chi connectivity index (χ0v) is 15.4. The molecule has 2 rings (SSSR count). The number of nitrogens with zero attached hydrogens (tertiary/aromatic N) is 1. The lowest BCUT2D eigenvalue weighted by molar-refractivity contribution is 0.229. The van der Waals surface area contributed by atoms with Crippen molar-refractivity contribution in [3.05, 3.63) is 58.1 Å². The van der Waals surface area contributed by atoms with Crippen molar-refractivity contribution in [1.29, 1.82) is 0 Å². The van der Waals surface area contributed by atoms with Gasteiger partial charge in [0.1, 0.15) is 0 Å². The Bertz CT molecular complexity index is 735. The Balaban J connectivity index is 2.44. The molecule has 0 radical (unpaired) electrons. The molecule has 0 saturated carbocycles. The first-order valence-electron chi connectivity index (χ1n) is 6.86. The third kappa shape index (κ3) is 3.73. The van der Waals surface area contributed by atoms with Crippen molar-refractivity contribution in [1.82, 2.24) is 0 Å². The summed E-state index contributed by atoms with van der Waals surface area (Å²) in [6, 6.07) is 11.6. The molecule has 0 unspecified atom stereocenters. The summed E-state index contributed by atoms with van der Waals surface area (Å²) in [6.07, 6.45) is 0. The van der Waals surface area contributed by atoms with E-state index in [2.05, 4.69) is 0 Å². The summed E-state index contributed by atoms with van der Waals surface area (Å²) < 4.78 is 18.5. The number of benzene rings is 2. The van der Waals surface area contributed by atoms with Crippen LogP contribution in [0.15, 0.2) is 42.5 Å². The number of aliphatic hydroxyl groups excluding tert-OH is 1. The van der Waals surface area contributed by atoms with Gasteiger partial charge in [0.2, 0.25) is 0 Å². The maximum Gasteiger partial charge on any atom is 0.263 e. The van der Waals surface area contributed by atoms with Crippen LogP contribution in [-0.2, 0) is 9.09 Å². The van der Waals surface area contributed by atoms with Gasteiger partial charge in [-0.05, 0) is 36.4 Å². The second-order valence-corrected chi connectivity index (χ2v) is 8.64. The Morgan fingerprint density at radius 3 is 2.22 bits per heavy atom. The Morgan fingerprint density at radius 2 is 1.74 bits per heavy atom. The Kier molecular flexibility index (Phi) is 5.77. The van der Waals surface area contributed by atoms with Crippen LogP contribution in [0.4, 0.5) is 5.69 Å². The van der Waals surface area contributed by atoms with Gasteiger partial charge in [-0.1, -0.05) is 29.3 Å². The van der Waals surface area contributed by atoms with E-state index in [9.17, 15) is 9.67 Å². The van der Waals surface area contributed by atoms with Gasteiger partial charge in [-0.25, -0.2) is 0 Å². The van der Waals surface area contributed by atoms with Gasteiger partial charge < -0.3 is 14.5 Å². The third-order valence-electron chi connectivity index (χ3n) is 3.56. The molecule has 2 aromatic rings. The van der Waals surface area contributed by atoms with Crippen LogP contribution in [0.5, 0.6) is 0 Å². The molecule has 0 bridgehead atoms. The standard InChI is InChI=1S/C16H18Cl2NO3P/c1-19(2)12-5-7-13(8-6-12)23(21,22-3)16(20)14-9-4-11(17)10-15(14)18/h4-10,16,20H,1-3H3/t16-,23-/m0/s1. The van der Waals surface area contributed by atoms with Crippen LogP contribution in [0.3, 0.4) is 0 Å². The fraction of sp³-hybridized carbons (Fsp3) is 0.250. The lowest BCUT2D eigenvalue weighted by Gasteiger charge is -2.24. The van der Waals surface area contributed by atoms with E-state index in [0.717, 1.165) is 5.69 Å². The first kappa shape index (κ1) is 18.3. The molecule has 0 fully saturated rings. The van der Waals surface area contributed by atoms with E-state index in [0.29, 0.717) is 15.9 Å². The van der Waals surface area contributed by atoms with Crippen LogP contribution < -0.4 is 10.2 Å². The Morgan fingerprint density at radius 1 is 1.13 bits per heavy atom. The van der Waals surface area contributed by atoms with E-state index in [1.807, 2.05) is 31.1 Å². The van der Waals surface area contributed by atoms with Crippen LogP contribution in [0, 0.1) is 0 Å². The maximum atomic E-state index is 13.2. The van der Waals surface area contributed by atoms with Crippen molar-refractivity contribution in [3.63, 3.8) is 0 Å². The number of rotatable bonds is 5. The predicted octanol–water partition coefficient (Wildman–Crippen LogP) is 4.30. The summed E-state index contributed by atoms with van der Waals surface area (Å²) in [5.41, 5.74) is 1.27. The minimum absolute atomic E-state index is 0.243. The smallest absolute Gasteiger partial charge is 0.263 e. The summed E-state index contributed by atoms with van der Waals surface area (Å²) in [7, 11) is 1.58. The monoisotopic (exact) mass is 373 g/mol. The van der Waals surface area contributed by atoms with E-state index >= 15 is 0 Å². The van der Waals surface area contributed by atoms with Crippen LogP contribution in [0.25, 0.3) is 0 Å². The van der Waals surface area contributed by atoms with Gasteiger partial charge in [-0.15, -0.1) is 0 Å². The van der Waals surface area contributed by atoms with Crippen molar-refractivity contribution < 1.29 is 14.2 Å². The van der Waals surface area contributed by atoms with Gasteiger partial charge in [-0.3, -0.25) is 4.57 Å². The number of hydrogen-bond donors (Lipinski definition) is 1. The highest BCUT2D eigenvalue weighted by Crippen LogP contribution is 2.58. The molecule has 0 spiro atoms. The third-order valence-corrected chi connectivity index (χ3v) is 6.60. The van der Waals surface area contributed by atoms with Crippen molar-refractivity contribution in [2.75, 3.05) is 26.1 Å². The van der Waals surface area contributed by atoms with E-state index in [1.54, 1.807) is 24.3 Å². The molecule has 124 valence electrons. The molecular formula is C16H18Cl2NO3P. The molecule has 0 aliphatic rings. The molecule has 4 nitrogen and oxygen atoms in total. The van der Waals surface area contributed by atoms with Crippen molar-refractivity contribution in [2.45, 2.75) is 5.85 Å². The molecule has 0 aliphatic carbocycles. The van der Waals surface area contributed by atoms with Crippen LogP contribution >= 0.6 is 30.6 Å². The largest absolute Gasteiger partial charge is 0.378 e. The fourth-order valence-corrected chi connectivity index (χ4v) is 4.64. The highest BCUT2D eigenvalue weighted by molar-refractivity contribution is 7.67. The molecule has 0 amide bonds. The van der Waals surface area contributed by atoms with Gasteiger partial charge in [0.15, 0.2) is 5.85 Å². The average molecular weight is 374 g/mol. The first-order chi connectivity index (χ1) is 10.8. The van der Waals surface area contributed by atoms with Crippen molar-refractivity contribution >= 4 is 41.6 Å². The number of anilines is 1. The highest BCUT2D eigenvalue weighted by Gasteiger charge is 2.36. The SMILES string of the molecule is CO[P@@](=O)(c1ccc(N(C)C)cc1)[C@H](O)c1ccc(Cl)cc1Cl. The van der Waals surface area contributed by atoms with E-state index in [4.69, 9.17) is 27.7 Å². The molecule has 23 heavy (non-hydrogen) atoms. The summed E-state index contributed by atoms with van der Waals surface area (Å²) in [4.78, 5) is 1.92. The predicted molar refractivity (Wildman–Crippen MR) is 96.4 cm³/mol. The molecule has 0 aromatic heterocycles. The molecule has 0 saturated heterocycles. The lowest BCUT2D eigenvalue weighted by atomic mass is 10.2. The maximum absolute atomic E-state index is 13.2. The topological polar surface area (TPSA) is 49.8 Å². The molecule has 2 atom stereocenters. The Labute approximate surface area is 146 Å². The van der Waals surface area contributed by atoms with Gasteiger partial charge in [0, 0.05) is 47.8 Å². The van der Waals surface area contributed by atoms with E-state index in [1.165, 1.54) is 13.2 Å². The molecule has 0 heterocycles. The van der Waals surface area contributed by atoms with Crippen molar-refractivity contribution in [3.8, 4) is 0 Å². The molecule has 1 N–H and O–H groups in total. The van der Waals surface area contributed by atoms with Gasteiger partial charge >= 0.3 is 0 Å². The number of hydrogen-bond acceptors (Lipinski definition) is 4.